The Labute approximate surface area is 198 Å². The fourth-order valence-electron chi connectivity index (χ4n) is 5.39. The number of benzene rings is 1. The zero-order valence-corrected chi connectivity index (χ0v) is 19.7. The van der Waals surface area contributed by atoms with Crippen molar-refractivity contribution in [3.63, 3.8) is 0 Å². The van der Waals surface area contributed by atoms with Crippen molar-refractivity contribution in [2.45, 2.75) is 45.7 Å². The maximum absolute atomic E-state index is 13.1. The lowest BCUT2D eigenvalue weighted by atomic mass is 9.81. The van der Waals surface area contributed by atoms with Crippen LogP contribution >= 0.6 is 0 Å². The molecule has 34 heavy (non-hydrogen) atoms. The summed E-state index contributed by atoms with van der Waals surface area (Å²) in [5, 5.41) is 0.535. The Balaban J connectivity index is 1.13. The van der Waals surface area contributed by atoms with Crippen LogP contribution in [-0.2, 0) is 17.9 Å². The standard InChI is InChI=1S/C26H32N4O4/c1-18-6-11-21(34-18)17-28-12-14-29(15-13-28)24(31)20-9-7-19(8-10-20)16-30-25(32)22-4-2-3-5-23(22)27-26(30)33/h2-6,11,19-20H,7-10,12-17H2,1H3,(H,27,33). The van der Waals surface area contributed by atoms with E-state index in [1.165, 1.54) is 4.57 Å². The molecule has 3 heterocycles. The number of rotatable bonds is 5. The number of furan rings is 1. The predicted molar refractivity (Wildman–Crippen MR) is 130 cm³/mol. The Hall–Kier alpha value is -3.13. The second-order valence-electron chi connectivity index (χ2n) is 9.72. The van der Waals surface area contributed by atoms with E-state index in [0.717, 1.165) is 69.9 Å². The highest BCUT2D eigenvalue weighted by molar-refractivity contribution is 5.79. The van der Waals surface area contributed by atoms with Gasteiger partial charge in [0, 0.05) is 38.6 Å². The largest absolute Gasteiger partial charge is 0.465 e. The summed E-state index contributed by atoms with van der Waals surface area (Å²) in [7, 11) is 0. The third-order valence-electron chi connectivity index (χ3n) is 7.39. The highest BCUT2D eigenvalue weighted by Crippen LogP contribution is 2.31. The number of nitrogens with one attached hydrogen (secondary N) is 1. The fraction of sp³-hybridized carbons (Fsp3) is 0.500. The molecule has 0 radical (unpaired) electrons. The van der Waals surface area contributed by atoms with Gasteiger partial charge in [0.2, 0.25) is 5.91 Å². The molecular formula is C26H32N4O4. The maximum Gasteiger partial charge on any atom is 0.328 e. The summed E-state index contributed by atoms with van der Waals surface area (Å²) >= 11 is 0. The van der Waals surface area contributed by atoms with Crippen LogP contribution in [0.5, 0.6) is 0 Å². The first kappa shape index (κ1) is 22.7. The molecule has 3 aromatic rings. The summed E-state index contributed by atoms with van der Waals surface area (Å²) in [5.74, 6) is 2.43. The normalized spacial score (nSPS) is 21.7. The average molecular weight is 465 g/mol. The van der Waals surface area contributed by atoms with Gasteiger partial charge in [-0.15, -0.1) is 0 Å². The molecule has 0 atom stereocenters. The van der Waals surface area contributed by atoms with Crippen LogP contribution < -0.4 is 11.2 Å². The Morgan fingerprint density at radius 2 is 1.74 bits per heavy atom. The number of amides is 1. The molecular weight excluding hydrogens is 432 g/mol. The number of aryl methyl sites for hydroxylation is 1. The van der Waals surface area contributed by atoms with Crippen LogP contribution in [0.15, 0.2) is 50.4 Å². The van der Waals surface area contributed by atoms with Gasteiger partial charge in [0.25, 0.3) is 5.56 Å². The number of aromatic nitrogens is 2. The quantitative estimate of drug-likeness (QED) is 0.627. The van der Waals surface area contributed by atoms with E-state index in [-0.39, 0.29) is 29.0 Å². The molecule has 2 fully saturated rings. The third-order valence-corrected chi connectivity index (χ3v) is 7.39. The molecule has 1 saturated heterocycles. The second kappa shape index (κ2) is 9.62. The molecule has 0 bridgehead atoms. The van der Waals surface area contributed by atoms with Gasteiger partial charge in [0.05, 0.1) is 17.4 Å². The van der Waals surface area contributed by atoms with E-state index >= 15 is 0 Å². The molecule has 1 aromatic carbocycles. The Morgan fingerprint density at radius 1 is 1.00 bits per heavy atom. The van der Waals surface area contributed by atoms with Crippen molar-refractivity contribution in [3.8, 4) is 0 Å². The number of nitrogens with zero attached hydrogens (tertiary/aromatic N) is 3. The van der Waals surface area contributed by atoms with Gasteiger partial charge in [-0.3, -0.25) is 19.1 Å². The molecule has 2 aliphatic rings. The Bertz CT molecular complexity index is 1270. The first-order valence-electron chi connectivity index (χ1n) is 12.3. The van der Waals surface area contributed by atoms with Crippen LogP contribution in [0.1, 0.15) is 37.2 Å². The van der Waals surface area contributed by atoms with E-state index in [2.05, 4.69) is 9.88 Å². The number of aromatic amines is 1. The second-order valence-corrected chi connectivity index (χ2v) is 9.72. The number of fused-ring (bicyclic) bond motifs is 1. The van der Waals surface area contributed by atoms with Gasteiger partial charge in [0.1, 0.15) is 11.5 Å². The number of carbonyl (C=O) groups excluding carboxylic acids is 1. The number of carbonyl (C=O) groups is 1. The summed E-state index contributed by atoms with van der Waals surface area (Å²) in [5.41, 5.74) is -0.0213. The van der Waals surface area contributed by atoms with Crippen molar-refractivity contribution in [2.24, 2.45) is 11.8 Å². The molecule has 1 saturated carbocycles. The van der Waals surface area contributed by atoms with Crippen LogP contribution in [0.2, 0.25) is 0 Å². The monoisotopic (exact) mass is 464 g/mol. The topological polar surface area (TPSA) is 91.5 Å². The third kappa shape index (κ3) is 4.73. The van der Waals surface area contributed by atoms with Crippen LogP contribution in [-0.4, -0.2) is 51.4 Å². The van der Waals surface area contributed by atoms with Gasteiger partial charge < -0.3 is 14.3 Å². The molecule has 8 heteroatoms. The van der Waals surface area contributed by atoms with Crippen molar-refractivity contribution in [3.05, 3.63) is 68.8 Å². The SMILES string of the molecule is Cc1ccc(CN2CCN(C(=O)C3CCC(Cn4c(=O)[nH]c5ccccc5c4=O)CC3)CC2)o1. The van der Waals surface area contributed by atoms with Gasteiger partial charge in [-0.05, 0) is 62.8 Å². The first-order chi connectivity index (χ1) is 16.5. The molecule has 1 amide bonds. The van der Waals surface area contributed by atoms with Crippen molar-refractivity contribution in [2.75, 3.05) is 26.2 Å². The van der Waals surface area contributed by atoms with Crippen LogP contribution in [0, 0.1) is 18.8 Å². The number of para-hydroxylation sites is 1. The van der Waals surface area contributed by atoms with E-state index in [4.69, 9.17) is 4.42 Å². The minimum Gasteiger partial charge on any atom is -0.465 e. The van der Waals surface area contributed by atoms with Crippen molar-refractivity contribution in [1.82, 2.24) is 19.4 Å². The zero-order chi connectivity index (χ0) is 23.7. The summed E-state index contributed by atoms with van der Waals surface area (Å²) in [6.07, 6.45) is 3.34. The summed E-state index contributed by atoms with van der Waals surface area (Å²) in [6, 6.07) is 11.1. The molecule has 0 spiro atoms. The van der Waals surface area contributed by atoms with Crippen LogP contribution in [0.3, 0.4) is 0 Å². The highest BCUT2D eigenvalue weighted by Gasteiger charge is 2.31. The lowest BCUT2D eigenvalue weighted by Gasteiger charge is -2.37. The highest BCUT2D eigenvalue weighted by atomic mass is 16.3. The molecule has 180 valence electrons. The lowest BCUT2D eigenvalue weighted by molar-refractivity contribution is -0.138. The number of hydrogen-bond donors (Lipinski definition) is 1. The number of hydrogen-bond acceptors (Lipinski definition) is 5. The predicted octanol–water partition coefficient (Wildman–Crippen LogP) is 2.74. The van der Waals surface area contributed by atoms with E-state index in [9.17, 15) is 14.4 Å². The van der Waals surface area contributed by atoms with E-state index in [0.29, 0.717) is 17.4 Å². The van der Waals surface area contributed by atoms with Crippen LogP contribution in [0.25, 0.3) is 10.9 Å². The van der Waals surface area contributed by atoms with Gasteiger partial charge >= 0.3 is 5.69 Å². The average Bonchev–Trinajstić information content (AvgIpc) is 3.26. The van der Waals surface area contributed by atoms with Crippen molar-refractivity contribution >= 4 is 16.8 Å². The van der Waals surface area contributed by atoms with Gasteiger partial charge in [-0.25, -0.2) is 4.79 Å². The van der Waals surface area contributed by atoms with E-state index in [1.807, 2.05) is 24.0 Å². The molecule has 1 aliphatic carbocycles. The van der Waals surface area contributed by atoms with Gasteiger partial charge in [0.15, 0.2) is 0 Å². The summed E-state index contributed by atoms with van der Waals surface area (Å²) in [4.78, 5) is 45.6. The molecule has 8 nitrogen and oxygen atoms in total. The van der Waals surface area contributed by atoms with E-state index < -0.39 is 0 Å². The molecule has 5 rings (SSSR count). The van der Waals surface area contributed by atoms with Gasteiger partial charge in [-0.2, -0.15) is 0 Å². The van der Waals surface area contributed by atoms with Gasteiger partial charge in [-0.1, -0.05) is 12.1 Å². The summed E-state index contributed by atoms with van der Waals surface area (Å²) in [6.45, 7) is 6.36. The molecule has 0 unspecified atom stereocenters. The molecule has 1 aliphatic heterocycles. The summed E-state index contributed by atoms with van der Waals surface area (Å²) < 4.78 is 7.01. The van der Waals surface area contributed by atoms with E-state index in [1.54, 1.807) is 24.3 Å². The lowest BCUT2D eigenvalue weighted by Crippen LogP contribution is -2.50. The fourth-order valence-corrected chi connectivity index (χ4v) is 5.39. The zero-order valence-electron chi connectivity index (χ0n) is 19.7. The first-order valence-corrected chi connectivity index (χ1v) is 12.3. The molecule has 1 N–H and O–H groups in total. The molecule has 2 aromatic heterocycles. The smallest absolute Gasteiger partial charge is 0.328 e. The minimum absolute atomic E-state index is 0.0436. The number of piperazine rings is 1. The minimum atomic E-state index is -0.357. The van der Waals surface area contributed by atoms with Crippen molar-refractivity contribution < 1.29 is 9.21 Å². The maximum atomic E-state index is 13.1. The number of H-pyrrole nitrogens is 1. The Morgan fingerprint density at radius 3 is 2.44 bits per heavy atom. The van der Waals surface area contributed by atoms with Crippen LogP contribution in [0.4, 0.5) is 0 Å². The van der Waals surface area contributed by atoms with Crippen molar-refractivity contribution in [1.29, 1.82) is 0 Å². The Kier molecular flexibility index (Phi) is 6.41.